The summed E-state index contributed by atoms with van der Waals surface area (Å²) >= 11 is 6.05. The molecule has 1 heterocycles. The van der Waals surface area contributed by atoms with Crippen LogP contribution in [0.1, 0.15) is 16.1 Å². The number of carbonyl (C=O) groups excluding carboxylic acids is 1. The van der Waals surface area contributed by atoms with Crippen molar-refractivity contribution < 1.29 is 14.3 Å². The standard InChI is InChI=1S/C13H12ClNO3/c1-7-4-8-10(5-9(7)14)15-11(13(16)18-3)6-12(8)17-2/h4-6H,1-3H3. The van der Waals surface area contributed by atoms with Crippen LogP contribution in [0.5, 0.6) is 5.75 Å². The maximum Gasteiger partial charge on any atom is 0.356 e. The van der Waals surface area contributed by atoms with Crippen molar-refractivity contribution in [1.82, 2.24) is 4.98 Å². The third-order valence-electron chi connectivity index (χ3n) is 2.67. The third-order valence-corrected chi connectivity index (χ3v) is 3.07. The number of pyridine rings is 1. The fraction of sp³-hybridized carbons (Fsp3) is 0.231. The Balaban J connectivity index is 2.75. The molecule has 2 aromatic rings. The zero-order valence-corrected chi connectivity index (χ0v) is 11.0. The molecule has 0 atom stereocenters. The molecule has 0 saturated heterocycles. The van der Waals surface area contributed by atoms with E-state index in [2.05, 4.69) is 9.72 Å². The Morgan fingerprint density at radius 1 is 1.28 bits per heavy atom. The van der Waals surface area contributed by atoms with Crippen LogP contribution in [0.3, 0.4) is 0 Å². The molecule has 94 valence electrons. The Morgan fingerprint density at radius 2 is 2.00 bits per heavy atom. The van der Waals surface area contributed by atoms with Crippen LogP contribution >= 0.6 is 11.6 Å². The Morgan fingerprint density at radius 3 is 2.61 bits per heavy atom. The highest BCUT2D eigenvalue weighted by Crippen LogP contribution is 2.30. The van der Waals surface area contributed by atoms with Crippen LogP contribution in [-0.4, -0.2) is 25.2 Å². The minimum atomic E-state index is -0.508. The number of benzene rings is 1. The molecule has 0 N–H and O–H groups in total. The van der Waals surface area contributed by atoms with E-state index in [1.54, 1.807) is 19.2 Å². The number of esters is 1. The molecule has 0 bridgehead atoms. The van der Waals surface area contributed by atoms with Gasteiger partial charge in [0.15, 0.2) is 5.69 Å². The molecular formula is C13H12ClNO3. The van der Waals surface area contributed by atoms with Crippen molar-refractivity contribution in [1.29, 1.82) is 0 Å². The molecule has 0 unspecified atom stereocenters. The van der Waals surface area contributed by atoms with E-state index in [1.165, 1.54) is 7.11 Å². The second-order valence-electron chi connectivity index (χ2n) is 3.82. The summed E-state index contributed by atoms with van der Waals surface area (Å²) in [4.78, 5) is 15.7. The number of aromatic nitrogens is 1. The molecule has 1 aromatic heterocycles. The monoisotopic (exact) mass is 265 g/mol. The summed E-state index contributed by atoms with van der Waals surface area (Å²) in [7, 11) is 2.85. The fourth-order valence-corrected chi connectivity index (χ4v) is 1.86. The van der Waals surface area contributed by atoms with Crippen LogP contribution in [-0.2, 0) is 4.74 Å². The molecular weight excluding hydrogens is 254 g/mol. The number of hydrogen-bond acceptors (Lipinski definition) is 4. The van der Waals surface area contributed by atoms with Gasteiger partial charge in [0.25, 0.3) is 0 Å². The molecule has 0 radical (unpaired) electrons. The largest absolute Gasteiger partial charge is 0.496 e. The average molecular weight is 266 g/mol. The number of hydrogen-bond donors (Lipinski definition) is 0. The lowest BCUT2D eigenvalue weighted by Crippen LogP contribution is -2.05. The highest BCUT2D eigenvalue weighted by molar-refractivity contribution is 6.32. The van der Waals surface area contributed by atoms with Crippen LogP contribution in [0.25, 0.3) is 10.9 Å². The van der Waals surface area contributed by atoms with E-state index in [4.69, 9.17) is 16.3 Å². The zero-order chi connectivity index (χ0) is 13.3. The molecule has 4 nitrogen and oxygen atoms in total. The molecule has 0 fully saturated rings. The van der Waals surface area contributed by atoms with Crippen LogP contribution < -0.4 is 4.74 Å². The van der Waals surface area contributed by atoms with Gasteiger partial charge in [-0.05, 0) is 24.6 Å². The predicted molar refractivity (Wildman–Crippen MR) is 69.4 cm³/mol. The van der Waals surface area contributed by atoms with Crippen molar-refractivity contribution in [2.45, 2.75) is 6.92 Å². The molecule has 18 heavy (non-hydrogen) atoms. The number of ether oxygens (including phenoxy) is 2. The quantitative estimate of drug-likeness (QED) is 0.783. The molecule has 0 aliphatic heterocycles. The van der Waals surface area contributed by atoms with Crippen molar-refractivity contribution in [2.75, 3.05) is 14.2 Å². The smallest absolute Gasteiger partial charge is 0.356 e. The number of aryl methyl sites for hydroxylation is 1. The highest BCUT2D eigenvalue weighted by Gasteiger charge is 2.13. The number of halogens is 1. The SMILES string of the molecule is COC(=O)c1cc(OC)c2cc(C)c(Cl)cc2n1. The molecule has 2 rings (SSSR count). The van der Waals surface area contributed by atoms with Crippen molar-refractivity contribution in [3.8, 4) is 5.75 Å². The average Bonchev–Trinajstić information content (AvgIpc) is 2.38. The van der Waals surface area contributed by atoms with Crippen molar-refractivity contribution in [3.05, 3.63) is 34.5 Å². The molecule has 0 spiro atoms. The Bertz CT molecular complexity index is 625. The van der Waals surface area contributed by atoms with Gasteiger partial charge in [-0.15, -0.1) is 0 Å². The van der Waals surface area contributed by atoms with Gasteiger partial charge in [-0.1, -0.05) is 11.6 Å². The van der Waals surface area contributed by atoms with E-state index in [1.807, 2.05) is 13.0 Å². The van der Waals surface area contributed by atoms with Crippen molar-refractivity contribution in [2.24, 2.45) is 0 Å². The lowest BCUT2D eigenvalue weighted by molar-refractivity contribution is 0.0594. The Labute approximate surface area is 109 Å². The van der Waals surface area contributed by atoms with Gasteiger partial charge in [-0.25, -0.2) is 9.78 Å². The zero-order valence-electron chi connectivity index (χ0n) is 10.3. The number of carbonyl (C=O) groups is 1. The summed E-state index contributed by atoms with van der Waals surface area (Å²) in [6.07, 6.45) is 0. The van der Waals surface area contributed by atoms with Gasteiger partial charge in [0.05, 0.1) is 19.7 Å². The molecule has 0 saturated carbocycles. The van der Waals surface area contributed by atoms with Crippen LogP contribution in [0, 0.1) is 6.92 Å². The first-order valence-electron chi connectivity index (χ1n) is 5.30. The van der Waals surface area contributed by atoms with E-state index < -0.39 is 5.97 Å². The first-order valence-corrected chi connectivity index (χ1v) is 5.68. The van der Waals surface area contributed by atoms with Crippen molar-refractivity contribution >= 4 is 28.5 Å². The number of methoxy groups -OCH3 is 2. The van der Waals surface area contributed by atoms with Gasteiger partial charge in [0, 0.05) is 16.5 Å². The maximum absolute atomic E-state index is 11.5. The topological polar surface area (TPSA) is 48.4 Å². The normalized spacial score (nSPS) is 10.4. The van der Waals surface area contributed by atoms with Gasteiger partial charge in [0.1, 0.15) is 5.75 Å². The number of nitrogens with zero attached hydrogens (tertiary/aromatic N) is 1. The van der Waals surface area contributed by atoms with Crippen molar-refractivity contribution in [3.63, 3.8) is 0 Å². The molecule has 5 heteroatoms. The second-order valence-corrected chi connectivity index (χ2v) is 4.23. The molecule has 0 aliphatic rings. The lowest BCUT2D eigenvalue weighted by atomic mass is 10.1. The summed E-state index contributed by atoms with van der Waals surface area (Å²) in [5.74, 6) is 0.0621. The van der Waals surface area contributed by atoms with Crippen LogP contribution in [0.15, 0.2) is 18.2 Å². The third kappa shape index (κ3) is 2.11. The Kier molecular flexibility index (Phi) is 3.39. The molecule has 0 aliphatic carbocycles. The molecule has 1 aromatic carbocycles. The summed E-state index contributed by atoms with van der Waals surface area (Å²) in [6.45, 7) is 1.90. The van der Waals surface area contributed by atoms with Gasteiger partial charge in [0.2, 0.25) is 0 Å². The number of rotatable bonds is 2. The lowest BCUT2D eigenvalue weighted by Gasteiger charge is -2.09. The van der Waals surface area contributed by atoms with Crippen LogP contribution in [0.2, 0.25) is 5.02 Å². The van der Waals surface area contributed by atoms with Gasteiger partial charge >= 0.3 is 5.97 Å². The minimum absolute atomic E-state index is 0.196. The van der Waals surface area contributed by atoms with Gasteiger partial charge in [-0.3, -0.25) is 0 Å². The minimum Gasteiger partial charge on any atom is -0.496 e. The fourth-order valence-electron chi connectivity index (χ4n) is 1.70. The van der Waals surface area contributed by atoms with E-state index in [-0.39, 0.29) is 5.69 Å². The van der Waals surface area contributed by atoms with E-state index in [9.17, 15) is 4.79 Å². The second kappa shape index (κ2) is 4.82. The van der Waals surface area contributed by atoms with E-state index >= 15 is 0 Å². The molecule has 0 amide bonds. The Hall–Kier alpha value is -1.81. The predicted octanol–water partition coefficient (Wildman–Crippen LogP) is 2.99. The first kappa shape index (κ1) is 12.6. The van der Waals surface area contributed by atoms with Crippen LogP contribution in [0.4, 0.5) is 0 Å². The summed E-state index contributed by atoms with van der Waals surface area (Å²) < 4.78 is 9.92. The summed E-state index contributed by atoms with van der Waals surface area (Å²) in [6, 6.07) is 5.15. The highest BCUT2D eigenvalue weighted by atomic mass is 35.5. The van der Waals surface area contributed by atoms with E-state index in [0.29, 0.717) is 16.3 Å². The number of fused-ring (bicyclic) bond motifs is 1. The van der Waals surface area contributed by atoms with Gasteiger partial charge < -0.3 is 9.47 Å². The first-order chi connectivity index (χ1) is 8.56. The van der Waals surface area contributed by atoms with E-state index in [0.717, 1.165) is 10.9 Å². The summed E-state index contributed by atoms with van der Waals surface area (Å²) in [5, 5.41) is 1.41. The summed E-state index contributed by atoms with van der Waals surface area (Å²) in [5.41, 5.74) is 1.72. The maximum atomic E-state index is 11.5. The van der Waals surface area contributed by atoms with Gasteiger partial charge in [-0.2, -0.15) is 0 Å².